The first-order chi connectivity index (χ1) is 7.24. The number of nitrogens with one attached hydrogen (secondary N) is 1. The van der Waals surface area contributed by atoms with Crippen LogP contribution in [-0.4, -0.2) is 36.7 Å². The fourth-order valence-electron chi connectivity index (χ4n) is 1.93. The Bertz CT molecular complexity index is 245. The molecule has 0 aromatic heterocycles. The lowest BCUT2D eigenvalue weighted by Crippen LogP contribution is -2.49. The van der Waals surface area contributed by atoms with Crippen molar-refractivity contribution in [3.63, 3.8) is 0 Å². The maximum Gasteiger partial charge on any atom is 0.156 e. The van der Waals surface area contributed by atoms with Crippen LogP contribution in [0.4, 0.5) is 0 Å². The molecule has 2 aliphatic rings. The number of ether oxygens (including phenoxy) is 1. The van der Waals surface area contributed by atoms with Gasteiger partial charge in [0.05, 0.1) is 5.60 Å². The van der Waals surface area contributed by atoms with Crippen molar-refractivity contribution in [3.8, 4) is 0 Å². The lowest BCUT2D eigenvalue weighted by Gasteiger charge is -2.40. The topological polar surface area (TPSA) is 33.6 Å². The van der Waals surface area contributed by atoms with Gasteiger partial charge in [0.1, 0.15) is 0 Å². The molecule has 1 atom stereocenters. The van der Waals surface area contributed by atoms with Crippen LogP contribution in [0.5, 0.6) is 0 Å². The van der Waals surface area contributed by atoms with Crippen LogP contribution in [-0.2, 0) is 4.74 Å². The van der Waals surface area contributed by atoms with E-state index in [1.54, 1.807) is 0 Å². The highest BCUT2D eigenvalue weighted by molar-refractivity contribution is 8.13. The van der Waals surface area contributed by atoms with Crippen LogP contribution in [0.1, 0.15) is 26.2 Å². The minimum absolute atomic E-state index is 0.103. The van der Waals surface area contributed by atoms with Crippen LogP contribution in [0.15, 0.2) is 4.99 Å². The molecule has 0 aromatic carbocycles. The SMILES string of the molecule is COC1(CNC2=NCC(C)CS2)CCC1. The molecule has 2 rings (SSSR count). The molecule has 1 saturated carbocycles. The minimum Gasteiger partial charge on any atom is -0.376 e. The van der Waals surface area contributed by atoms with Gasteiger partial charge >= 0.3 is 0 Å². The van der Waals surface area contributed by atoms with Gasteiger partial charge in [-0.05, 0) is 25.2 Å². The van der Waals surface area contributed by atoms with Gasteiger partial charge in [0.25, 0.3) is 0 Å². The molecule has 0 saturated heterocycles. The second kappa shape index (κ2) is 4.74. The van der Waals surface area contributed by atoms with E-state index in [0.29, 0.717) is 0 Å². The molecule has 0 spiro atoms. The van der Waals surface area contributed by atoms with Crippen molar-refractivity contribution in [2.24, 2.45) is 10.9 Å². The Kier molecular flexibility index (Phi) is 3.57. The average molecular weight is 228 g/mol. The lowest BCUT2D eigenvalue weighted by molar-refractivity contribution is -0.0663. The third-order valence-corrected chi connectivity index (χ3v) is 4.59. The van der Waals surface area contributed by atoms with Crippen molar-refractivity contribution in [3.05, 3.63) is 0 Å². The Labute approximate surface area is 96.1 Å². The third kappa shape index (κ3) is 2.67. The smallest absolute Gasteiger partial charge is 0.156 e. The van der Waals surface area contributed by atoms with Gasteiger partial charge in [-0.25, -0.2) is 0 Å². The number of rotatable bonds is 3. The summed E-state index contributed by atoms with van der Waals surface area (Å²) in [5.41, 5.74) is 0.103. The number of methoxy groups -OCH3 is 1. The van der Waals surface area contributed by atoms with E-state index < -0.39 is 0 Å². The van der Waals surface area contributed by atoms with Crippen LogP contribution in [0.25, 0.3) is 0 Å². The van der Waals surface area contributed by atoms with Gasteiger partial charge in [-0.1, -0.05) is 18.7 Å². The zero-order valence-electron chi connectivity index (χ0n) is 9.58. The monoisotopic (exact) mass is 228 g/mol. The molecule has 15 heavy (non-hydrogen) atoms. The van der Waals surface area contributed by atoms with E-state index in [1.807, 2.05) is 18.9 Å². The number of thioether (sulfide) groups is 1. The molecule has 3 nitrogen and oxygen atoms in total. The highest BCUT2D eigenvalue weighted by Gasteiger charge is 2.37. The molecule has 0 amide bonds. The Balaban J connectivity index is 1.78. The number of hydrogen-bond acceptors (Lipinski definition) is 4. The Morgan fingerprint density at radius 3 is 2.87 bits per heavy atom. The number of amidine groups is 1. The second-order valence-corrected chi connectivity index (χ2v) is 5.66. The summed E-state index contributed by atoms with van der Waals surface area (Å²) in [5.74, 6) is 1.91. The Hall–Kier alpha value is -0.220. The maximum atomic E-state index is 5.56. The molecule has 0 bridgehead atoms. The minimum atomic E-state index is 0.103. The van der Waals surface area contributed by atoms with E-state index >= 15 is 0 Å². The fourth-order valence-corrected chi connectivity index (χ4v) is 2.81. The lowest BCUT2D eigenvalue weighted by atomic mass is 9.80. The highest BCUT2D eigenvalue weighted by atomic mass is 32.2. The van der Waals surface area contributed by atoms with Crippen LogP contribution >= 0.6 is 11.8 Å². The molecule has 0 aromatic rings. The van der Waals surface area contributed by atoms with Crippen molar-refractivity contribution < 1.29 is 4.74 Å². The molecule has 1 unspecified atom stereocenters. The molecule has 1 N–H and O–H groups in total. The normalized spacial score (nSPS) is 29.2. The van der Waals surface area contributed by atoms with Gasteiger partial charge in [-0.2, -0.15) is 0 Å². The van der Waals surface area contributed by atoms with E-state index in [-0.39, 0.29) is 5.60 Å². The summed E-state index contributed by atoms with van der Waals surface area (Å²) in [5, 5.41) is 4.53. The van der Waals surface area contributed by atoms with Gasteiger partial charge in [0.15, 0.2) is 5.17 Å². The average Bonchev–Trinajstić information content (AvgIpc) is 2.20. The molecule has 0 radical (unpaired) electrons. The van der Waals surface area contributed by atoms with Gasteiger partial charge in [-0.15, -0.1) is 0 Å². The summed E-state index contributed by atoms with van der Waals surface area (Å²) in [4.78, 5) is 4.52. The van der Waals surface area contributed by atoms with Gasteiger partial charge in [0, 0.05) is 26.0 Å². The van der Waals surface area contributed by atoms with Crippen molar-refractivity contribution in [1.29, 1.82) is 0 Å². The number of aliphatic imine (C=N–C) groups is 1. The van der Waals surface area contributed by atoms with Crippen LogP contribution in [0, 0.1) is 5.92 Å². The zero-order chi connectivity index (χ0) is 10.7. The fraction of sp³-hybridized carbons (Fsp3) is 0.909. The third-order valence-electron chi connectivity index (χ3n) is 3.31. The first-order valence-electron chi connectivity index (χ1n) is 5.70. The first-order valence-corrected chi connectivity index (χ1v) is 6.69. The van der Waals surface area contributed by atoms with E-state index in [1.165, 1.54) is 25.0 Å². The van der Waals surface area contributed by atoms with Crippen LogP contribution < -0.4 is 5.32 Å². The summed E-state index contributed by atoms with van der Waals surface area (Å²) in [6, 6.07) is 0. The Morgan fingerprint density at radius 1 is 1.60 bits per heavy atom. The molecule has 1 aliphatic heterocycles. The van der Waals surface area contributed by atoms with Crippen molar-refractivity contribution in [1.82, 2.24) is 5.32 Å². The largest absolute Gasteiger partial charge is 0.376 e. The first kappa shape index (κ1) is 11.3. The van der Waals surface area contributed by atoms with Crippen molar-refractivity contribution in [2.75, 3.05) is 26.0 Å². The molecule has 1 fully saturated rings. The van der Waals surface area contributed by atoms with Gasteiger partial charge in [-0.3, -0.25) is 4.99 Å². The second-order valence-electron chi connectivity index (χ2n) is 4.66. The Morgan fingerprint density at radius 2 is 2.40 bits per heavy atom. The van der Waals surface area contributed by atoms with Crippen molar-refractivity contribution >= 4 is 16.9 Å². The molecular weight excluding hydrogens is 208 g/mol. The summed E-state index contributed by atoms with van der Waals surface area (Å²) in [7, 11) is 1.82. The molecule has 1 heterocycles. The standard InChI is InChI=1S/C11H20N2OS/c1-9-6-12-10(15-7-9)13-8-11(14-2)4-3-5-11/h9H,3-8H2,1-2H3,(H,12,13). The predicted molar refractivity (Wildman–Crippen MR) is 65.5 cm³/mol. The van der Waals surface area contributed by atoms with Gasteiger partial charge < -0.3 is 10.1 Å². The van der Waals surface area contributed by atoms with E-state index in [2.05, 4.69) is 17.2 Å². The van der Waals surface area contributed by atoms with E-state index in [0.717, 1.165) is 24.2 Å². The zero-order valence-corrected chi connectivity index (χ0v) is 10.4. The van der Waals surface area contributed by atoms with Crippen LogP contribution in [0.3, 0.4) is 0 Å². The summed E-state index contributed by atoms with van der Waals surface area (Å²) < 4.78 is 5.56. The highest BCUT2D eigenvalue weighted by Crippen LogP contribution is 2.34. The van der Waals surface area contributed by atoms with Crippen molar-refractivity contribution in [2.45, 2.75) is 31.8 Å². The predicted octanol–water partition coefficient (Wildman–Crippen LogP) is 1.88. The molecular formula is C11H20N2OS. The maximum absolute atomic E-state index is 5.56. The number of nitrogens with zero attached hydrogens (tertiary/aromatic N) is 1. The molecule has 1 aliphatic carbocycles. The summed E-state index contributed by atoms with van der Waals surface area (Å²) in [6.07, 6.45) is 3.67. The van der Waals surface area contributed by atoms with Gasteiger partial charge in [0.2, 0.25) is 0 Å². The summed E-state index contributed by atoms with van der Waals surface area (Å²) in [6.45, 7) is 4.13. The van der Waals surface area contributed by atoms with E-state index in [4.69, 9.17) is 4.74 Å². The molecule has 4 heteroatoms. The number of hydrogen-bond donors (Lipinski definition) is 1. The molecule has 86 valence electrons. The van der Waals surface area contributed by atoms with E-state index in [9.17, 15) is 0 Å². The van der Waals surface area contributed by atoms with Crippen LogP contribution in [0.2, 0.25) is 0 Å². The summed E-state index contributed by atoms with van der Waals surface area (Å²) >= 11 is 1.84. The quantitative estimate of drug-likeness (QED) is 0.801.